The number of allylic oxidation sites excluding steroid dienone is 2. The molecule has 0 aliphatic rings. The Balaban J connectivity index is 0.000000501. The molecule has 0 heterocycles. The van der Waals surface area contributed by atoms with Gasteiger partial charge in [0.15, 0.2) is 0 Å². The van der Waals surface area contributed by atoms with Crippen LogP contribution in [-0.2, 0) is 0 Å². The Morgan fingerprint density at radius 3 is 1.23 bits per heavy atom. The van der Waals surface area contributed by atoms with E-state index in [9.17, 15) is 5.11 Å². The van der Waals surface area contributed by atoms with E-state index >= 15 is 0 Å². The van der Waals surface area contributed by atoms with Gasteiger partial charge in [0.05, 0.1) is 6.61 Å². The standard InChI is InChI=1S/C22H22BrOP.C4H7BrO/c23-25(19-11-10-18-24,20-12-4-1-5-13-20,21-14-6-2-7-15-21)22-16-8-3-9-17-22;5-3-1-2-4-6/h1-17,24H,18-19H2;1-2,6H,3-4H2/b11-10+;2-1+. The van der Waals surface area contributed by atoms with Crippen LogP contribution in [0, 0.1) is 0 Å². The summed E-state index contributed by atoms with van der Waals surface area (Å²) in [6, 6.07) is 32.0. The molecule has 0 aromatic heterocycles. The summed E-state index contributed by atoms with van der Waals surface area (Å²) in [7, 11) is 0. The first-order chi connectivity index (χ1) is 15.1. The third-order valence-electron chi connectivity index (χ3n) is 4.97. The molecule has 0 aliphatic heterocycles. The third-order valence-corrected chi connectivity index (χ3v) is 14.9. The van der Waals surface area contributed by atoms with Crippen LogP contribution < -0.4 is 15.9 Å². The summed E-state index contributed by atoms with van der Waals surface area (Å²) in [4.78, 5) is 0. The van der Waals surface area contributed by atoms with Gasteiger partial charge in [-0.05, 0) is 0 Å². The second-order valence-electron chi connectivity index (χ2n) is 6.83. The van der Waals surface area contributed by atoms with Crippen LogP contribution in [0.4, 0.5) is 0 Å². The van der Waals surface area contributed by atoms with E-state index in [4.69, 9.17) is 5.11 Å². The summed E-state index contributed by atoms with van der Waals surface area (Å²) >= 11 is 7.50. The van der Waals surface area contributed by atoms with Gasteiger partial charge < -0.3 is 5.11 Å². The van der Waals surface area contributed by atoms with Crippen LogP contribution in [0.25, 0.3) is 0 Å². The molecule has 31 heavy (non-hydrogen) atoms. The van der Waals surface area contributed by atoms with Gasteiger partial charge in [0, 0.05) is 5.33 Å². The fourth-order valence-electron chi connectivity index (χ4n) is 3.46. The van der Waals surface area contributed by atoms with Crippen molar-refractivity contribution in [3.63, 3.8) is 0 Å². The van der Waals surface area contributed by atoms with Crippen LogP contribution in [0.5, 0.6) is 0 Å². The molecule has 0 atom stereocenters. The Morgan fingerprint density at radius 2 is 0.935 bits per heavy atom. The van der Waals surface area contributed by atoms with Gasteiger partial charge in [-0.3, -0.25) is 0 Å². The molecule has 0 saturated heterocycles. The summed E-state index contributed by atoms with van der Waals surface area (Å²) in [5.41, 5.74) is 0. The van der Waals surface area contributed by atoms with Crippen LogP contribution in [-0.4, -0.2) is 34.9 Å². The first-order valence-electron chi connectivity index (χ1n) is 10.1. The van der Waals surface area contributed by atoms with Crippen molar-refractivity contribution in [1.29, 1.82) is 0 Å². The third kappa shape index (κ3) is 6.25. The van der Waals surface area contributed by atoms with E-state index < -0.39 is 5.31 Å². The molecule has 0 fully saturated rings. The van der Waals surface area contributed by atoms with Crippen LogP contribution in [0.2, 0.25) is 0 Å². The summed E-state index contributed by atoms with van der Waals surface area (Å²) in [5.74, 6) is 0. The number of alkyl halides is 1. The minimum absolute atomic E-state index is 0.0534. The summed E-state index contributed by atoms with van der Waals surface area (Å²) in [6.45, 7) is 0.198. The van der Waals surface area contributed by atoms with E-state index in [1.165, 1.54) is 15.9 Å². The summed E-state index contributed by atoms with van der Waals surface area (Å²) in [5, 5.41) is 19.2. The van der Waals surface area contributed by atoms with Crippen LogP contribution >= 0.6 is 36.7 Å². The number of benzene rings is 3. The predicted molar refractivity (Wildman–Crippen MR) is 145 cm³/mol. The molecule has 0 spiro atoms. The average Bonchev–Trinajstić information content (AvgIpc) is 2.85. The van der Waals surface area contributed by atoms with Gasteiger partial charge in [-0.15, -0.1) is 0 Å². The molecule has 0 unspecified atom stereocenters. The van der Waals surface area contributed by atoms with Crippen molar-refractivity contribution < 1.29 is 10.2 Å². The van der Waals surface area contributed by atoms with Crippen molar-refractivity contribution in [2.75, 3.05) is 24.7 Å². The number of aliphatic hydroxyl groups excluding tert-OH is 2. The van der Waals surface area contributed by atoms with E-state index in [2.05, 4.69) is 128 Å². The number of hydrogen-bond donors (Lipinski definition) is 2. The molecule has 2 nitrogen and oxygen atoms in total. The molecule has 164 valence electrons. The molecule has 3 aromatic rings. The fourth-order valence-corrected chi connectivity index (χ4v) is 10.8. The van der Waals surface area contributed by atoms with E-state index in [-0.39, 0.29) is 13.2 Å². The number of aliphatic hydroxyl groups is 2. The monoisotopic (exact) mass is 562 g/mol. The van der Waals surface area contributed by atoms with Crippen LogP contribution in [0.15, 0.2) is 115 Å². The maximum atomic E-state index is 9.27. The normalized spacial score (nSPS) is 12.8. The van der Waals surface area contributed by atoms with E-state index in [1.807, 2.05) is 12.2 Å². The van der Waals surface area contributed by atoms with Gasteiger partial charge in [0.25, 0.3) is 0 Å². The molecule has 3 aromatic carbocycles. The van der Waals surface area contributed by atoms with Crippen LogP contribution in [0.3, 0.4) is 0 Å². The molecule has 0 radical (unpaired) electrons. The van der Waals surface area contributed by atoms with Crippen molar-refractivity contribution in [3.05, 3.63) is 115 Å². The van der Waals surface area contributed by atoms with Crippen molar-refractivity contribution in [2.45, 2.75) is 0 Å². The van der Waals surface area contributed by atoms with Gasteiger partial charge >= 0.3 is 158 Å². The fraction of sp³-hybridized carbons (Fsp3) is 0.154. The predicted octanol–water partition coefficient (Wildman–Crippen LogP) is 5.30. The molecular formula is C26H29Br2O2P. The van der Waals surface area contributed by atoms with Gasteiger partial charge in [0.2, 0.25) is 0 Å². The summed E-state index contributed by atoms with van der Waals surface area (Å²) in [6.07, 6.45) is 8.27. The molecular weight excluding hydrogens is 535 g/mol. The Morgan fingerprint density at radius 1 is 0.581 bits per heavy atom. The quantitative estimate of drug-likeness (QED) is 0.222. The molecule has 2 N–H and O–H groups in total. The first kappa shape index (κ1) is 25.7. The molecule has 3 rings (SSSR count). The van der Waals surface area contributed by atoms with Crippen molar-refractivity contribution >= 4 is 52.6 Å². The molecule has 0 bridgehead atoms. The minimum atomic E-state index is -2.86. The summed E-state index contributed by atoms with van der Waals surface area (Å²) < 4.78 is 0. The van der Waals surface area contributed by atoms with Crippen molar-refractivity contribution in [1.82, 2.24) is 0 Å². The molecule has 0 aliphatic carbocycles. The topological polar surface area (TPSA) is 40.5 Å². The second kappa shape index (κ2) is 13.1. The zero-order valence-electron chi connectivity index (χ0n) is 17.4. The Bertz CT molecular complexity index is 839. The number of rotatable bonds is 8. The number of hydrogen-bond acceptors (Lipinski definition) is 2. The molecule has 0 amide bonds. The zero-order chi connectivity index (χ0) is 22.4. The zero-order valence-corrected chi connectivity index (χ0v) is 21.5. The second-order valence-corrected chi connectivity index (χ2v) is 16.5. The SMILES string of the molecule is OC/C=C/CBr.OC/C=C/CP(Br)(c1ccccc1)(c1ccccc1)c1ccccc1. The molecule has 5 heteroatoms. The van der Waals surface area contributed by atoms with E-state index in [0.717, 1.165) is 11.5 Å². The van der Waals surface area contributed by atoms with Gasteiger partial charge in [-0.1, -0.05) is 28.1 Å². The van der Waals surface area contributed by atoms with Crippen LogP contribution in [0.1, 0.15) is 0 Å². The number of halogens is 2. The Labute approximate surface area is 202 Å². The van der Waals surface area contributed by atoms with E-state index in [1.54, 1.807) is 6.08 Å². The van der Waals surface area contributed by atoms with E-state index in [0.29, 0.717) is 0 Å². The Hall–Kier alpha value is -1.55. The van der Waals surface area contributed by atoms with Gasteiger partial charge in [-0.2, -0.15) is 0 Å². The van der Waals surface area contributed by atoms with Gasteiger partial charge in [-0.25, -0.2) is 0 Å². The maximum absolute atomic E-state index is 9.27. The van der Waals surface area contributed by atoms with Gasteiger partial charge in [0.1, 0.15) is 0 Å². The first-order valence-corrected chi connectivity index (χ1v) is 15.6. The Kier molecular flexibility index (Phi) is 10.9. The average molecular weight is 564 g/mol. The van der Waals surface area contributed by atoms with Crippen molar-refractivity contribution in [2.24, 2.45) is 0 Å². The molecule has 0 saturated carbocycles. The van der Waals surface area contributed by atoms with Crippen molar-refractivity contribution in [3.8, 4) is 0 Å².